The maximum atomic E-state index is 13.8. The summed E-state index contributed by atoms with van der Waals surface area (Å²) in [6.45, 7) is 1.66. The van der Waals surface area contributed by atoms with Gasteiger partial charge in [-0.05, 0) is 30.5 Å². The van der Waals surface area contributed by atoms with Gasteiger partial charge in [0.05, 0.1) is 18.8 Å². The van der Waals surface area contributed by atoms with Gasteiger partial charge in [-0.2, -0.15) is 0 Å². The molecule has 1 atom stereocenters. The number of rotatable bonds is 2. The van der Waals surface area contributed by atoms with Crippen molar-refractivity contribution in [3.05, 3.63) is 29.6 Å². The summed E-state index contributed by atoms with van der Waals surface area (Å²) < 4.78 is 25.0. The third-order valence-electron chi connectivity index (χ3n) is 4.23. The average molecular weight is 265 g/mol. The molecule has 1 aromatic carbocycles. The van der Waals surface area contributed by atoms with Gasteiger partial charge < -0.3 is 14.8 Å². The number of halogens is 1. The summed E-state index contributed by atoms with van der Waals surface area (Å²) in [5, 5.41) is 3.44. The zero-order chi connectivity index (χ0) is 13.3. The highest BCUT2D eigenvalue weighted by atomic mass is 19.1. The molecule has 19 heavy (non-hydrogen) atoms. The predicted molar refractivity (Wildman–Crippen MR) is 70.8 cm³/mol. The van der Waals surface area contributed by atoms with Gasteiger partial charge >= 0.3 is 0 Å². The van der Waals surface area contributed by atoms with Crippen LogP contribution in [0.5, 0.6) is 5.75 Å². The number of hydrogen-bond donors (Lipinski definition) is 1. The molecule has 0 aromatic heterocycles. The Morgan fingerprint density at radius 3 is 2.84 bits per heavy atom. The Bertz CT molecular complexity index is 457. The fraction of sp³-hybridized carbons (Fsp3) is 0.600. The van der Waals surface area contributed by atoms with Gasteiger partial charge in [-0.3, -0.25) is 0 Å². The number of nitrogens with one attached hydrogen (secondary N) is 1. The Morgan fingerprint density at radius 2 is 2.16 bits per heavy atom. The monoisotopic (exact) mass is 265 g/mol. The lowest BCUT2D eigenvalue weighted by atomic mass is 9.97. The van der Waals surface area contributed by atoms with Crippen molar-refractivity contribution in [2.45, 2.75) is 37.4 Å². The minimum atomic E-state index is -0.324. The fourth-order valence-electron chi connectivity index (χ4n) is 3.20. The first kappa shape index (κ1) is 12.9. The molecule has 1 aliphatic heterocycles. The van der Waals surface area contributed by atoms with Crippen molar-refractivity contribution < 1.29 is 13.9 Å². The minimum absolute atomic E-state index is 0.0285. The van der Waals surface area contributed by atoms with E-state index in [-0.39, 0.29) is 23.3 Å². The van der Waals surface area contributed by atoms with E-state index in [2.05, 4.69) is 5.32 Å². The molecule has 2 aliphatic rings. The molecule has 1 saturated carbocycles. The van der Waals surface area contributed by atoms with E-state index in [1.54, 1.807) is 6.07 Å². The standard InChI is InChI=1S/C15H20FNO2/c1-18-13-5-4-11(8-12(13)16)14-9-17-10-15(19-14)6-2-3-7-15/h4-5,8,14,17H,2-3,6-7,9-10H2,1H3. The Morgan fingerprint density at radius 1 is 1.37 bits per heavy atom. The number of ether oxygens (including phenoxy) is 2. The van der Waals surface area contributed by atoms with Crippen molar-refractivity contribution >= 4 is 0 Å². The van der Waals surface area contributed by atoms with Crippen molar-refractivity contribution in [1.82, 2.24) is 5.32 Å². The second kappa shape index (κ2) is 5.10. The molecule has 0 bridgehead atoms. The summed E-state index contributed by atoms with van der Waals surface area (Å²) in [4.78, 5) is 0. The van der Waals surface area contributed by atoms with Gasteiger partial charge in [0, 0.05) is 13.1 Å². The van der Waals surface area contributed by atoms with Crippen LogP contribution in [-0.2, 0) is 4.74 Å². The first-order valence-electron chi connectivity index (χ1n) is 6.94. The second-order valence-corrected chi connectivity index (χ2v) is 5.52. The van der Waals surface area contributed by atoms with E-state index in [4.69, 9.17) is 9.47 Å². The van der Waals surface area contributed by atoms with Gasteiger partial charge in [-0.15, -0.1) is 0 Å². The number of benzene rings is 1. The van der Waals surface area contributed by atoms with Gasteiger partial charge in [0.1, 0.15) is 0 Å². The maximum Gasteiger partial charge on any atom is 0.165 e. The van der Waals surface area contributed by atoms with Crippen LogP contribution in [0.15, 0.2) is 18.2 Å². The molecule has 1 heterocycles. The van der Waals surface area contributed by atoms with E-state index in [1.165, 1.54) is 26.0 Å². The molecular weight excluding hydrogens is 245 g/mol. The summed E-state index contributed by atoms with van der Waals surface area (Å²) >= 11 is 0. The molecule has 1 N–H and O–H groups in total. The molecule has 1 aromatic rings. The van der Waals surface area contributed by atoms with Gasteiger partial charge in [0.15, 0.2) is 11.6 Å². The third kappa shape index (κ3) is 2.47. The van der Waals surface area contributed by atoms with Crippen LogP contribution in [-0.4, -0.2) is 25.8 Å². The Kier molecular flexibility index (Phi) is 3.46. The summed E-state index contributed by atoms with van der Waals surface area (Å²) in [5.41, 5.74) is 0.857. The van der Waals surface area contributed by atoms with Crippen LogP contribution in [0, 0.1) is 5.82 Å². The highest BCUT2D eigenvalue weighted by molar-refractivity contribution is 5.31. The molecule has 3 nitrogen and oxygen atoms in total. The fourth-order valence-corrected chi connectivity index (χ4v) is 3.20. The van der Waals surface area contributed by atoms with Gasteiger partial charge in [-0.25, -0.2) is 4.39 Å². The van der Waals surface area contributed by atoms with Crippen LogP contribution >= 0.6 is 0 Å². The van der Waals surface area contributed by atoms with Crippen LogP contribution in [0.1, 0.15) is 37.4 Å². The Hall–Kier alpha value is -1.13. The molecule has 4 heteroatoms. The third-order valence-corrected chi connectivity index (χ3v) is 4.23. The number of hydrogen-bond acceptors (Lipinski definition) is 3. The van der Waals surface area contributed by atoms with Crippen molar-refractivity contribution in [3.63, 3.8) is 0 Å². The van der Waals surface area contributed by atoms with E-state index >= 15 is 0 Å². The maximum absolute atomic E-state index is 13.8. The first-order valence-corrected chi connectivity index (χ1v) is 6.94. The second-order valence-electron chi connectivity index (χ2n) is 5.52. The number of methoxy groups -OCH3 is 1. The van der Waals surface area contributed by atoms with Crippen molar-refractivity contribution in [1.29, 1.82) is 0 Å². The molecule has 1 aliphatic carbocycles. The summed E-state index contributed by atoms with van der Waals surface area (Å²) in [7, 11) is 1.48. The quantitative estimate of drug-likeness (QED) is 0.892. The Labute approximate surface area is 113 Å². The smallest absolute Gasteiger partial charge is 0.165 e. The molecule has 0 radical (unpaired) electrons. The molecular formula is C15H20FNO2. The van der Waals surface area contributed by atoms with Crippen LogP contribution < -0.4 is 10.1 Å². The van der Waals surface area contributed by atoms with E-state index in [0.29, 0.717) is 0 Å². The van der Waals surface area contributed by atoms with Crippen molar-refractivity contribution in [2.24, 2.45) is 0 Å². The summed E-state index contributed by atoms with van der Waals surface area (Å²) in [5.74, 6) is -0.0438. The van der Waals surface area contributed by atoms with Crippen molar-refractivity contribution in [3.8, 4) is 5.75 Å². The summed E-state index contributed by atoms with van der Waals surface area (Å²) in [6.07, 6.45) is 4.60. The molecule has 2 fully saturated rings. The van der Waals surface area contributed by atoms with Gasteiger partial charge in [0.25, 0.3) is 0 Å². The lowest BCUT2D eigenvalue weighted by Crippen LogP contribution is -2.49. The molecule has 1 saturated heterocycles. The molecule has 0 amide bonds. The normalized spacial score (nSPS) is 25.7. The van der Waals surface area contributed by atoms with Gasteiger partial charge in [-0.1, -0.05) is 18.9 Å². The molecule has 3 rings (SSSR count). The van der Waals surface area contributed by atoms with Crippen LogP contribution in [0.3, 0.4) is 0 Å². The number of morpholine rings is 1. The van der Waals surface area contributed by atoms with E-state index in [1.807, 2.05) is 6.07 Å². The predicted octanol–water partition coefficient (Wildman–Crippen LogP) is 2.81. The van der Waals surface area contributed by atoms with E-state index in [0.717, 1.165) is 31.5 Å². The highest BCUT2D eigenvalue weighted by Crippen LogP contribution is 2.39. The van der Waals surface area contributed by atoms with Crippen LogP contribution in [0.25, 0.3) is 0 Å². The SMILES string of the molecule is COc1ccc(C2CNCC3(CCCC3)O2)cc1F. The largest absolute Gasteiger partial charge is 0.494 e. The average Bonchev–Trinajstić information content (AvgIpc) is 2.86. The van der Waals surface area contributed by atoms with E-state index < -0.39 is 0 Å². The lowest BCUT2D eigenvalue weighted by molar-refractivity contribution is -0.114. The van der Waals surface area contributed by atoms with E-state index in [9.17, 15) is 4.39 Å². The van der Waals surface area contributed by atoms with Crippen LogP contribution in [0.4, 0.5) is 4.39 Å². The van der Waals surface area contributed by atoms with Crippen molar-refractivity contribution in [2.75, 3.05) is 20.2 Å². The zero-order valence-corrected chi connectivity index (χ0v) is 11.2. The zero-order valence-electron chi connectivity index (χ0n) is 11.2. The minimum Gasteiger partial charge on any atom is -0.494 e. The van der Waals surface area contributed by atoms with Gasteiger partial charge in [0.2, 0.25) is 0 Å². The highest BCUT2D eigenvalue weighted by Gasteiger charge is 2.40. The first-order chi connectivity index (χ1) is 9.22. The lowest BCUT2D eigenvalue weighted by Gasteiger charge is -2.39. The molecule has 1 spiro atoms. The van der Waals surface area contributed by atoms with Crippen LogP contribution in [0.2, 0.25) is 0 Å². The molecule has 104 valence electrons. The molecule has 1 unspecified atom stereocenters. The topological polar surface area (TPSA) is 30.5 Å². The Balaban J connectivity index is 1.79. The summed E-state index contributed by atoms with van der Waals surface area (Å²) in [6, 6.07) is 5.09.